The van der Waals surface area contributed by atoms with Crippen molar-refractivity contribution in [3.8, 4) is 6.07 Å². The van der Waals surface area contributed by atoms with Gasteiger partial charge in [0.25, 0.3) is 5.91 Å². The van der Waals surface area contributed by atoms with Crippen LogP contribution in [0.15, 0.2) is 52.4 Å². The van der Waals surface area contributed by atoms with E-state index in [1.165, 1.54) is 12.1 Å². The van der Waals surface area contributed by atoms with Crippen LogP contribution in [-0.4, -0.2) is 83.3 Å². The summed E-state index contributed by atoms with van der Waals surface area (Å²) in [7, 11) is 0. The fourth-order valence-electron chi connectivity index (χ4n) is 4.55. The number of esters is 2. The summed E-state index contributed by atoms with van der Waals surface area (Å²) < 4.78 is 22.5. The zero-order chi connectivity index (χ0) is 33.4. The lowest BCUT2D eigenvalue weighted by molar-refractivity contribution is -0.162. The van der Waals surface area contributed by atoms with Gasteiger partial charge in [0, 0.05) is 6.61 Å². The number of benzene rings is 1. The van der Waals surface area contributed by atoms with Crippen molar-refractivity contribution < 1.29 is 38.4 Å². The normalized spacial score (nSPS) is 22.7. The van der Waals surface area contributed by atoms with Gasteiger partial charge in [-0.3, -0.25) is 14.4 Å². The van der Waals surface area contributed by atoms with Crippen molar-refractivity contribution in [2.75, 3.05) is 13.2 Å². The zero-order valence-corrected chi connectivity index (χ0v) is 25.9. The molecule has 2 heterocycles. The average molecular weight is 625 g/mol. The van der Waals surface area contributed by atoms with Crippen LogP contribution in [-0.2, 0) is 45.4 Å². The van der Waals surface area contributed by atoms with E-state index in [1.807, 2.05) is 12.1 Å². The number of aliphatic imine (C=N–C) groups is 2. The lowest BCUT2D eigenvalue weighted by atomic mass is 9.92. The van der Waals surface area contributed by atoms with Gasteiger partial charge in [0.15, 0.2) is 11.9 Å². The molecule has 1 fully saturated rings. The third kappa shape index (κ3) is 8.20. The molecule has 242 valence electrons. The summed E-state index contributed by atoms with van der Waals surface area (Å²) in [5, 5.41) is 21.8. The second-order valence-electron chi connectivity index (χ2n) is 11.2. The number of rotatable bonds is 12. The third-order valence-electron chi connectivity index (χ3n) is 7.19. The molecule has 3 rings (SSSR count). The average Bonchev–Trinajstić information content (AvgIpc) is 3.60. The Bertz CT molecular complexity index is 1450. The Morgan fingerprint density at radius 2 is 1.91 bits per heavy atom. The molecule has 1 saturated heterocycles. The van der Waals surface area contributed by atoms with E-state index in [4.69, 9.17) is 30.4 Å². The van der Waals surface area contributed by atoms with Crippen LogP contribution in [0, 0.1) is 17.2 Å². The number of aliphatic hydroxyl groups is 1. The molecule has 0 bridgehead atoms. The predicted molar refractivity (Wildman–Crippen MR) is 163 cm³/mol. The van der Waals surface area contributed by atoms with Crippen molar-refractivity contribution in [1.82, 2.24) is 4.98 Å². The molecular weight excluding hydrogens is 584 g/mol. The zero-order valence-electron chi connectivity index (χ0n) is 25.9. The van der Waals surface area contributed by atoms with E-state index in [2.05, 4.69) is 15.0 Å². The number of H-pyrrole nitrogens is 1. The van der Waals surface area contributed by atoms with Crippen LogP contribution < -0.4 is 11.5 Å². The summed E-state index contributed by atoms with van der Waals surface area (Å²) in [5.74, 6) is -2.48. The molecule has 1 aromatic carbocycles. The molecule has 14 heteroatoms. The van der Waals surface area contributed by atoms with Crippen LogP contribution in [0.2, 0.25) is 0 Å². The number of nitriles is 1. The van der Waals surface area contributed by atoms with Gasteiger partial charge in [0.05, 0.1) is 24.1 Å². The number of amidine groups is 1. The van der Waals surface area contributed by atoms with E-state index >= 15 is 0 Å². The number of aromatic nitrogens is 1. The highest BCUT2D eigenvalue weighted by Crippen LogP contribution is 2.41. The molecule has 2 aromatic rings. The second-order valence-corrected chi connectivity index (χ2v) is 11.2. The Balaban J connectivity index is 1.94. The highest BCUT2D eigenvalue weighted by molar-refractivity contribution is 6.08. The summed E-state index contributed by atoms with van der Waals surface area (Å²) in [6.07, 6.45) is -3.55. The first-order chi connectivity index (χ1) is 21.3. The molecule has 0 unspecified atom stereocenters. The van der Waals surface area contributed by atoms with E-state index in [9.17, 15) is 24.8 Å². The number of ether oxygens (including phenoxy) is 4. The van der Waals surface area contributed by atoms with E-state index in [0.717, 1.165) is 6.34 Å². The van der Waals surface area contributed by atoms with Gasteiger partial charge in [0.2, 0.25) is 5.60 Å². The monoisotopic (exact) mass is 624 g/mol. The van der Waals surface area contributed by atoms with Gasteiger partial charge >= 0.3 is 11.9 Å². The lowest BCUT2D eigenvalue weighted by Crippen LogP contribution is -2.46. The van der Waals surface area contributed by atoms with Crippen molar-refractivity contribution in [3.05, 3.63) is 59.4 Å². The molecule has 45 heavy (non-hydrogen) atoms. The second kappa shape index (κ2) is 15.0. The van der Waals surface area contributed by atoms with Crippen LogP contribution in [0.3, 0.4) is 0 Å². The minimum atomic E-state index is -2.13. The molecule has 0 aliphatic carbocycles. The summed E-state index contributed by atoms with van der Waals surface area (Å²) in [5.41, 5.74) is 8.99. The van der Waals surface area contributed by atoms with Crippen molar-refractivity contribution in [3.63, 3.8) is 0 Å². The van der Waals surface area contributed by atoms with E-state index < -0.39 is 60.0 Å². The SMILES string of the molecule is CCOC(C)(C)C(=O)N=C(N=CN)c1ccc([C@]2(C#N)O[C@H](COC(=O)Cc3ccccc3)[C@@H](OC(=O)[C@@H](N)C(C)C)[C@H]2O)[nH]1. The molecule has 6 N–H and O–H groups in total. The van der Waals surface area contributed by atoms with Crippen LogP contribution in [0.5, 0.6) is 0 Å². The van der Waals surface area contributed by atoms with Gasteiger partial charge in [0.1, 0.15) is 36.5 Å². The Morgan fingerprint density at radius 1 is 1.22 bits per heavy atom. The first-order valence-electron chi connectivity index (χ1n) is 14.4. The number of nitrogens with two attached hydrogens (primary N) is 2. The van der Waals surface area contributed by atoms with Crippen LogP contribution in [0.4, 0.5) is 0 Å². The van der Waals surface area contributed by atoms with E-state index in [0.29, 0.717) is 5.56 Å². The Labute approximate surface area is 261 Å². The number of nitrogens with zero attached hydrogens (tertiary/aromatic N) is 3. The molecule has 0 saturated carbocycles. The van der Waals surface area contributed by atoms with Crippen molar-refractivity contribution >= 4 is 30.0 Å². The third-order valence-corrected chi connectivity index (χ3v) is 7.19. The topological polar surface area (TPSA) is 225 Å². The Kier molecular flexibility index (Phi) is 11.7. The standard InChI is InChI=1S/C31H40N6O8/c1-6-43-30(4,5)29(41)37-27(35-17-33)20-12-13-22(36-20)31(16-32)26(39)25(44-28(40)24(34)18(2)3)21(45-31)15-42-23(38)14-19-10-8-7-9-11-19/h7-13,17-18,21,24-26,36,39H,6,14-15,34H2,1-5H3,(H2,33,35,37,41)/t21-,24+,25-,26-,31+/m1/s1. The van der Waals surface area contributed by atoms with Crippen LogP contribution in [0.25, 0.3) is 0 Å². The molecule has 1 amide bonds. The summed E-state index contributed by atoms with van der Waals surface area (Å²) >= 11 is 0. The molecule has 1 aromatic heterocycles. The van der Waals surface area contributed by atoms with Crippen molar-refractivity contribution in [1.29, 1.82) is 5.26 Å². The van der Waals surface area contributed by atoms with Gasteiger partial charge in [-0.05, 0) is 44.4 Å². The van der Waals surface area contributed by atoms with Crippen LogP contribution >= 0.6 is 0 Å². The Hall–Kier alpha value is -4.42. The molecular formula is C31H40N6O8. The maximum atomic E-state index is 12.8. The summed E-state index contributed by atoms with van der Waals surface area (Å²) in [4.78, 5) is 49.2. The largest absolute Gasteiger partial charge is 0.463 e. The maximum Gasteiger partial charge on any atom is 0.323 e. The first kappa shape index (κ1) is 35.1. The highest BCUT2D eigenvalue weighted by atomic mass is 16.6. The van der Waals surface area contributed by atoms with Gasteiger partial charge in [-0.2, -0.15) is 10.3 Å². The fourth-order valence-corrected chi connectivity index (χ4v) is 4.55. The number of amides is 1. The number of nitrogens with one attached hydrogen (secondary N) is 1. The van der Waals surface area contributed by atoms with Crippen LogP contribution in [0.1, 0.15) is 51.6 Å². The number of hydrogen-bond donors (Lipinski definition) is 4. The smallest absolute Gasteiger partial charge is 0.323 e. The van der Waals surface area contributed by atoms with Crippen molar-refractivity contribution in [2.24, 2.45) is 27.4 Å². The number of aliphatic hydroxyl groups excluding tert-OH is 1. The number of carbonyl (C=O) groups excluding carboxylic acids is 3. The van der Waals surface area contributed by atoms with Gasteiger partial charge in [-0.25, -0.2) is 4.99 Å². The van der Waals surface area contributed by atoms with Gasteiger partial charge in [-0.15, -0.1) is 0 Å². The lowest BCUT2D eigenvalue weighted by Gasteiger charge is -2.25. The van der Waals surface area contributed by atoms with E-state index in [1.54, 1.807) is 58.9 Å². The molecule has 14 nitrogen and oxygen atoms in total. The first-order valence-corrected chi connectivity index (χ1v) is 14.4. The number of aromatic amines is 1. The number of carbonyl (C=O) groups is 3. The molecule has 1 aliphatic rings. The summed E-state index contributed by atoms with van der Waals surface area (Å²) in [6.45, 7) is 8.12. The quantitative estimate of drug-likeness (QED) is 0.149. The summed E-state index contributed by atoms with van der Waals surface area (Å²) in [6, 6.07) is 12.7. The minimum absolute atomic E-state index is 0.0243. The molecule has 0 radical (unpaired) electrons. The van der Waals surface area contributed by atoms with Gasteiger partial charge in [-0.1, -0.05) is 44.2 Å². The highest BCUT2D eigenvalue weighted by Gasteiger charge is 2.59. The van der Waals surface area contributed by atoms with Gasteiger partial charge < -0.3 is 40.5 Å². The minimum Gasteiger partial charge on any atom is -0.463 e. The molecule has 5 atom stereocenters. The van der Waals surface area contributed by atoms with E-state index in [-0.39, 0.29) is 36.2 Å². The maximum absolute atomic E-state index is 12.8. The molecule has 0 spiro atoms. The molecule has 1 aliphatic heterocycles. The predicted octanol–water partition coefficient (Wildman–Crippen LogP) is 1.25. The Morgan fingerprint density at radius 3 is 2.51 bits per heavy atom. The fraction of sp³-hybridized carbons (Fsp3) is 0.484. The number of hydrogen-bond acceptors (Lipinski definition) is 10. The van der Waals surface area contributed by atoms with Crippen molar-refractivity contribution in [2.45, 2.75) is 76.6 Å².